The van der Waals surface area contributed by atoms with E-state index in [1.807, 2.05) is 98.7 Å². The molecule has 1 aliphatic rings. The molecule has 0 bridgehead atoms. The lowest BCUT2D eigenvalue weighted by molar-refractivity contribution is -0.159. The van der Waals surface area contributed by atoms with Crippen LogP contribution in [0.3, 0.4) is 0 Å². The van der Waals surface area contributed by atoms with Crippen molar-refractivity contribution in [2.24, 2.45) is 41.4 Å². The minimum atomic E-state index is -1.87. The zero-order valence-corrected chi connectivity index (χ0v) is 61.3. The lowest BCUT2D eigenvalue weighted by Crippen LogP contribution is -2.68. The number of aliphatic hydroxyl groups excluding tert-OH is 1. The average Bonchev–Trinajstić information content (AvgIpc) is 0.760. The first-order chi connectivity index (χ1) is 43.2. The molecule has 1 heterocycles. The Kier molecular flexibility index (Phi) is 33.3. The third-order valence-corrected chi connectivity index (χ3v) is 19.5. The Balaban J connectivity index is 3.15. The van der Waals surface area contributed by atoms with Crippen LogP contribution in [0.4, 0.5) is 0 Å². The second kappa shape index (κ2) is 37.5. The molecular formula is C69H117N11O12S. The average molecular weight is 1320 g/mol. The molecule has 12 atom stereocenters. The topological polar surface area (TPSA) is 279 Å². The highest BCUT2D eigenvalue weighted by Crippen LogP contribution is 2.42. The van der Waals surface area contributed by atoms with Gasteiger partial charge in [0.1, 0.15) is 54.4 Å². The van der Waals surface area contributed by atoms with Crippen LogP contribution in [0, 0.1) is 41.4 Å². The maximum atomic E-state index is 16.3. The summed E-state index contributed by atoms with van der Waals surface area (Å²) >= 11 is 1.15. The van der Waals surface area contributed by atoms with Crippen molar-refractivity contribution in [3.63, 3.8) is 0 Å². The van der Waals surface area contributed by atoms with Crippen molar-refractivity contribution in [2.45, 2.75) is 227 Å². The molecule has 0 unspecified atom stereocenters. The van der Waals surface area contributed by atoms with Gasteiger partial charge in [0, 0.05) is 55.1 Å². The number of amides is 11. The number of benzene rings is 1. The number of carbonyl (C=O) groups excluding carboxylic acids is 11. The van der Waals surface area contributed by atoms with Crippen LogP contribution in [-0.4, -0.2) is 226 Å². The Labute approximate surface area is 560 Å². The minimum absolute atomic E-state index is 0.00327. The molecule has 5 N–H and O–H groups in total. The molecule has 2 rings (SSSR count). The summed E-state index contributed by atoms with van der Waals surface area (Å²) in [7, 11) is 10.0. The van der Waals surface area contributed by atoms with Crippen LogP contribution in [0.1, 0.15) is 162 Å². The normalized spacial score (nSPS) is 26.4. The zero-order chi connectivity index (χ0) is 71.4. The molecule has 0 saturated carbocycles. The molecule has 23 nitrogen and oxygen atoms in total. The lowest BCUT2D eigenvalue weighted by Gasteiger charge is -2.48. The van der Waals surface area contributed by atoms with Crippen LogP contribution >= 0.6 is 11.8 Å². The molecule has 1 aliphatic heterocycles. The van der Waals surface area contributed by atoms with Crippen molar-refractivity contribution < 1.29 is 57.8 Å². The number of thioether (sulfide) groups is 1. The standard InChI is InChI=1S/C69H117N11O12S/c1-25-27-31-46(15)58(82)57-62(86)72-50(26-2)64(88)74(18)38-55(81)75(19)51(34-40(3)4)61(85)73-56(44(11)12)67(91)76(20)52(35-41(5)6)60(84)70-47(16)59(83)71-48(17)63(87)77(21)53(36-42(7)8)65(89)78(22)54(37-43(9)10)66(90)80(24)69(45(13)14,68(92)79(57)23)93-39-49-32-29-28-30-33-49/h25,27-30,32-33,40-48,50-54,56-58,82H,26,31,34-39H2,1-24H3,(H,70,84)(H,71,83)(H,72,86)(H,73,85)/b27-25+/t46-,47+,48-,50+,51+,52+,53+,54+,56+,57+,58-,69+/m1/s1. The SMILES string of the molecule is C/C=C/C[C@@H](C)[C@@H](O)[C@H]1C(=O)N[C@@H](CC)C(=O)N(C)CC(=O)N(C)[C@@H](CC(C)C)C(=O)N[C@@H](C(C)C)C(=O)N(C)[C@@H](CC(C)C)C(=O)N[C@@H](C)C(=O)N[C@H](C)C(=O)N(C)[C@@H](CC(C)C)C(=O)N(C)[C@@H](CC(C)C)C(=O)N(C)[C@](SCc2ccccc2)(C(C)C)C(=O)N1C. The fraction of sp³-hybridized carbons (Fsp3) is 0.725. The van der Waals surface area contributed by atoms with E-state index < -0.39 is 155 Å². The molecule has 1 aromatic carbocycles. The highest BCUT2D eigenvalue weighted by molar-refractivity contribution is 8.00. The van der Waals surface area contributed by atoms with E-state index in [2.05, 4.69) is 21.3 Å². The Bertz CT molecular complexity index is 2730. The zero-order valence-electron chi connectivity index (χ0n) is 60.5. The fourth-order valence-electron chi connectivity index (χ4n) is 11.7. The van der Waals surface area contributed by atoms with Crippen LogP contribution in [0.2, 0.25) is 0 Å². The first-order valence-electron chi connectivity index (χ1n) is 33.2. The number of aliphatic hydroxyl groups is 1. The van der Waals surface area contributed by atoms with Gasteiger partial charge in [0.25, 0.3) is 5.91 Å². The van der Waals surface area contributed by atoms with Gasteiger partial charge < -0.3 is 60.7 Å². The quantitative estimate of drug-likeness (QED) is 0.113. The van der Waals surface area contributed by atoms with Crippen LogP contribution in [0.15, 0.2) is 42.5 Å². The molecule has 93 heavy (non-hydrogen) atoms. The highest BCUT2D eigenvalue weighted by Gasteiger charge is 2.54. The van der Waals surface area contributed by atoms with E-state index in [4.69, 9.17) is 0 Å². The Morgan fingerprint density at radius 2 is 1.01 bits per heavy atom. The van der Waals surface area contributed by atoms with Gasteiger partial charge in [-0.15, -0.1) is 11.8 Å². The third-order valence-electron chi connectivity index (χ3n) is 17.6. The van der Waals surface area contributed by atoms with Crippen LogP contribution in [-0.2, 0) is 58.5 Å². The van der Waals surface area contributed by atoms with Crippen molar-refractivity contribution in [1.82, 2.24) is 55.6 Å². The van der Waals surface area contributed by atoms with E-state index >= 15 is 19.2 Å². The summed E-state index contributed by atoms with van der Waals surface area (Å²) in [6.45, 7) is 29.5. The number of rotatable bonds is 18. The number of allylic oxidation sites excluding steroid dienone is 2. The summed E-state index contributed by atoms with van der Waals surface area (Å²) in [5.41, 5.74) is 0.804. The minimum Gasteiger partial charge on any atom is -0.390 e. The number of nitrogens with one attached hydrogen (secondary N) is 4. The van der Waals surface area contributed by atoms with Gasteiger partial charge in [0.05, 0.1) is 12.6 Å². The summed E-state index contributed by atoms with van der Waals surface area (Å²) in [6, 6.07) is -2.06. The largest absolute Gasteiger partial charge is 0.390 e. The van der Waals surface area contributed by atoms with Crippen molar-refractivity contribution >= 4 is 76.7 Å². The summed E-state index contributed by atoms with van der Waals surface area (Å²) in [5, 5.41) is 23.6. The molecule has 0 aromatic heterocycles. The van der Waals surface area contributed by atoms with E-state index in [-0.39, 0.29) is 67.9 Å². The molecule has 1 saturated heterocycles. The Morgan fingerprint density at radius 1 is 0.548 bits per heavy atom. The van der Waals surface area contributed by atoms with E-state index in [1.165, 1.54) is 87.7 Å². The highest BCUT2D eigenvalue weighted by atomic mass is 32.2. The van der Waals surface area contributed by atoms with Crippen molar-refractivity contribution in [1.29, 1.82) is 0 Å². The second-order valence-electron chi connectivity index (χ2n) is 27.9. The van der Waals surface area contributed by atoms with Gasteiger partial charge in [-0.1, -0.05) is 139 Å². The summed E-state index contributed by atoms with van der Waals surface area (Å²) in [5.74, 6) is -9.92. The van der Waals surface area contributed by atoms with Crippen LogP contribution in [0.5, 0.6) is 0 Å². The van der Waals surface area contributed by atoms with Gasteiger partial charge in [-0.25, -0.2) is 0 Å². The van der Waals surface area contributed by atoms with Crippen molar-refractivity contribution in [2.75, 3.05) is 55.9 Å². The summed E-state index contributed by atoms with van der Waals surface area (Å²) < 4.78 is 0. The summed E-state index contributed by atoms with van der Waals surface area (Å²) in [4.78, 5) is 171. The first kappa shape index (κ1) is 82.5. The number of likely N-dealkylation sites (N-methyl/N-ethyl adjacent to an activating group) is 7. The molecule has 0 spiro atoms. The number of carbonyl (C=O) groups is 11. The Hall–Kier alpha value is -6.56. The first-order valence-corrected chi connectivity index (χ1v) is 34.2. The predicted octanol–water partition coefficient (Wildman–Crippen LogP) is 5.53. The van der Waals surface area contributed by atoms with Crippen LogP contribution in [0.25, 0.3) is 0 Å². The fourth-order valence-corrected chi connectivity index (χ4v) is 13.2. The van der Waals surface area contributed by atoms with Gasteiger partial charge in [0.2, 0.25) is 59.1 Å². The lowest BCUT2D eigenvalue weighted by atomic mass is 9.91. The summed E-state index contributed by atoms with van der Waals surface area (Å²) in [6.07, 6.45) is 2.90. The van der Waals surface area contributed by atoms with Crippen LogP contribution < -0.4 is 21.3 Å². The Morgan fingerprint density at radius 3 is 1.49 bits per heavy atom. The van der Waals surface area contributed by atoms with E-state index in [0.29, 0.717) is 0 Å². The maximum Gasteiger partial charge on any atom is 0.259 e. The predicted molar refractivity (Wildman–Crippen MR) is 365 cm³/mol. The smallest absolute Gasteiger partial charge is 0.259 e. The van der Waals surface area contributed by atoms with Gasteiger partial charge in [-0.3, -0.25) is 52.7 Å². The third kappa shape index (κ3) is 22.3. The molecule has 24 heteroatoms. The molecule has 526 valence electrons. The van der Waals surface area contributed by atoms with Gasteiger partial charge in [-0.2, -0.15) is 0 Å². The number of hydrogen-bond acceptors (Lipinski definition) is 13. The van der Waals surface area contributed by atoms with Crippen molar-refractivity contribution in [3.05, 3.63) is 48.0 Å². The molecule has 0 aliphatic carbocycles. The maximum absolute atomic E-state index is 16.3. The van der Waals surface area contributed by atoms with E-state index in [0.717, 1.165) is 27.1 Å². The van der Waals surface area contributed by atoms with Gasteiger partial charge in [-0.05, 0) is 106 Å². The number of hydrogen-bond donors (Lipinski definition) is 5. The number of nitrogens with zero attached hydrogens (tertiary/aromatic N) is 7. The van der Waals surface area contributed by atoms with Crippen molar-refractivity contribution in [3.8, 4) is 0 Å². The molecule has 11 amide bonds. The molecule has 0 radical (unpaired) electrons. The second-order valence-corrected chi connectivity index (χ2v) is 29.1. The molecule has 1 aromatic rings. The molecule has 1 fully saturated rings. The van der Waals surface area contributed by atoms with Gasteiger partial charge >= 0.3 is 0 Å². The van der Waals surface area contributed by atoms with E-state index in [9.17, 15) is 38.7 Å². The van der Waals surface area contributed by atoms with E-state index in [1.54, 1.807) is 47.6 Å². The molecular weight excluding hydrogens is 1210 g/mol. The van der Waals surface area contributed by atoms with Gasteiger partial charge in [0.15, 0.2) is 4.87 Å². The monoisotopic (exact) mass is 1320 g/mol.